The number of para-hydroxylation sites is 1. The van der Waals surface area contributed by atoms with Gasteiger partial charge in [-0.3, -0.25) is 4.79 Å². The Hall–Kier alpha value is -1.35. The second kappa shape index (κ2) is 8.33. The van der Waals surface area contributed by atoms with Crippen LogP contribution in [0.2, 0.25) is 0 Å². The van der Waals surface area contributed by atoms with Gasteiger partial charge in [-0.15, -0.1) is 0 Å². The molecule has 1 saturated carbocycles. The number of aryl methyl sites for hydroxylation is 1. The summed E-state index contributed by atoms with van der Waals surface area (Å²) in [6.45, 7) is 6.79. The topological polar surface area (TPSA) is 41.1 Å². The van der Waals surface area contributed by atoms with Gasteiger partial charge in [-0.2, -0.15) is 0 Å². The van der Waals surface area contributed by atoms with Gasteiger partial charge < -0.3 is 10.6 Å². The number of amides is 1. The highest BCUT2D eigenvalue weighted by atomic mass is 16.1. The maximum Gasteiger partial charge on any atom is 0.238 e. The summed E-state index contributed by atoms with van der Waals surface area (Å²) in [6, 6.07) is 6.73. The molecule has 0 spiro atoms. The summed E-state index contributed by atoms with van der Waals surface area (Å²) in [5, 5.41) is 6.55. The van der Waals surface area contributed by atoms with Gasteiger partial charge in [-0.1, -0.05) is 57.7 Å². The van der Waals surface area contributed by atoms with Crippen LogP contribution < -0.4 is 10.6 Å². The molecule has 0 bridgehead atoms. The van der Waals surface area contributed by atoms with E-state index in [1.165, 1.54) is 44.1 Å². The second-order valence-corrected chi connectivity index (χ2v) is 6.81. The number of carbonyl (C=O) groups is 1. The molecule has 2 N–H and O–H groups in total. The van der Waals surface area contributed by atoms with Crippen LogP contribution in [-0.2, 0) is 4.79 Å². The van der Waals surface area contributed by atoms with E-state index >= 15 is 0 Å². The molecular formula is C19H30N2O. The lowest BCUT2D eigenvalue weighted by Gasteiger charge is -2.19. The van der Waals surface area contributed by atoms with Gasteiger partial charge in [0.2, 0.25) is 5.91 Å². The van der Waals surface area contributed by atoms with Crippen LogP contribution in [0.4, 0.5) is 5.69 Å². The molecule has 1 aliphatic rings. The monoisotopic (exact) mass is 302 g/mol. The third kappa shape index (κ3) is 4.84. The maximum absolute atomic E-state index is 12.3. The number of nitrogens with one attached hydrogen (secondary N) is 2. The molecule has 1 aromatic rings. The van der Waals surface area contributed by atoms with Crippen molar-refractivity contribution < 1.29 is 4.79 Å². The predicted octanol–water partition coefficient (Wildman–Crippen LogP) is 4.37. The number of carbonyl (C=O) groups excluding carboxylic acids is 1. The van der Waals surface area contributed by atoms with Crippen LogP contribution >= 0.6 is 0 Å². The number of rotatable bonds is 5. The van der Waals surface area contributed by atoms with Crippen LogP contribution in [0, 0.1) is 6.92 Å². The molecule has 0 radical (unpaired) electrons. The summed E-state index contributed by atoms with van der Waals surface area (Å²) < 4.78 is 0. The zero-order chi connectivity index (χ0) is 15.9. The minimum atomic E-state index is 0.0699. The van der Waals surface area contributed by atoms with E-state index in [-0.39, 0.29) is 5.91 Å². The molecule has 122 valence electrons. The molecule has 0 heterocycles. The summed E-state index contributed by atoms with van der Waals surface area (Å²) in [4.78, 5) is 12.3. The Morgan fingerprint density at radius 3 is 2.50 bits per heavy atom. The van der Waals surface area contributed by atoms with E-state index in [9.17, 15) is 4.79 Å². The van der Waals surface area contributed by atoms with Crippen molar-refractivity contribution in [2.24, 2.45) is 0 Å². The molecular weight excluding hydrogens is 272 g/mol. The van der Waals surface area contributed by atoms with Crippen molar-refractivity contribution >= 4 is 11.6 Å². The van der Waals surface area contributed by atoms with Crippen LogP contribution in [-0.4, -0.2) is 18.5 Å². The van der Waals surface area contributed by atoms with Crippen molar-refractivity contribution in [1.82, 2.24) is 5.32 Å². The normalized spacial score (nSPS) is 16.5. The van der Waals surface area contributed by atoms with E-state index in [2.05, 4.69) is 49.6 Å². The first-order chi connectivity index (χ1) is 10.6. The molecule has 0 atom stereocenters. The SMILES string of the molecule is Cc1cccc(C(C)C)c1NC(=O)CNC1CCCCCC1. The van der Waals surface area contributed by atoms with E-state index in [1.807, 2.05) is 0 Å². The molecule has 0 saturated heterocycles. The van der Waals surface area contributed by atoms with Crippen molar-refractivity contribution in [3.8, 4) is 0 Å². The standard InChI is InChI=1S/C19H30N2O/c1-14(2)17-12-8-9-15(3)19(17)21-18(22)13-20-16-10-6-4-5-7-11-16/h8-9,12,14,16,20H,4-7,10-11,13H2,1-3H3,(H,21,22). The largest absolute Gasteiger partial charge is 0.324 e. The lowest BCUT2D eigenvalue weighted by molar-refractivity contribution is -0.115. The lowest BCUT2D eigenvalue weighted by Crippen LogP contribution is -2.36. The zero-order valence-electron chi connectivity index (χ0n) is 14.2. The van der Waals surface area contributed by atoms with Gasteiger partial charge in [0.15, 0.2) is 0 Å². The Balaban J connectivity index is 1.91. The van der Waals surface area contributed by atoms with Crippen molar-refractivity contribution in [3.63, 3.8) is 0 Å². The first-order valence-electron chi connectivity index (χ1n) is 8.70. The Morgan fingerprint density at radius 1 is 1.18 bits per heavy atom. The number of anilines is 1. The van der Waals surface area contributed by atoms with Gasteiger partial charge in [0.1, 0.15) is 0 Å². The van der Waals surface area contributed by atoms with Crippen LogP contribution in [0.3, 0.4) is 0 Å². The molecule has 1 amide bonds. The van der Waals surface area contributed by atoms with Crippen LogP contribution in [0.15, 0.2) is 18.2 Å². The highest BCUT2D eigenvalue weighted by molar-refractivity contribution is 5.93. The summed E-state index contributed by atoms with van der Waals surface area (Å²) in [7, 11) is 0. The minimum Gasteiger partial charge on any atom is -0.324 e. The highest BCUT2D eigenvalue weighted by Crippen LogP contribution is 2.27. The van der Waals surface area contributed by atoms with Gasteiger partial charge in [0.05, 0.1) is 6.54 Å². The van der Waals surface area contributed by atoms with Crippen molar-refractivity contribution in [2.45, 2.75) is 71.3 Å². The third-order valence-corrected chi connectivity index (χ3v) is 4.60. The van der Waals surface area contributed by atoms with Crippen molar-refractivity contribution in [3.05, 3.63) is 29.3 Å². The molecule has 2 rings (SSSR count). The Bertz CT molecular complexity index is 488. The Labute approximate surface area is 134 Å². The molecule has 3 nitrogen and oxygen atoms in total. The van der Waals surface area contributed by atoms with E-state index < -0.39 is 0 Å². The average molecular weight is 302 g/mol. The summed E-state index contributed by atoms with van der Waals surface area (Å²) >= 11 is 0. The third-order valence-electron chi connectivity index (χ3n) is 4.60. The van der Waals surface area contributed by atoms with Gasteiger partial charge in [0, 0.05) is 11.7 Å². The number of hydrogen-bond donors (Lipinski definition) is 2. The van der Waals surface area contributed by atoms with E-state index in [0.29, 0.717) is 18.5 Å². The molecule has 1 aromatic carbocycles. The van der Waals surface area contributed by atoms with Gasteiger partial charge >= 0.3 is 0 Å². The van der Waals surface area contributed by atoms with E-state index in [1.54, 1.807) is 0 Å². The fourth-order valence-corrected chi connectivity index (χ4v) is 3.25. The van der Waals surface area contributed by atoms with Gasteiger partial charge in [-0.25, -0.2) is 0 Å². The molecule has 0 unspecified atom stereocenters. The quantitative estimate of drug-likeness (QED) is 0.793. The van der Waals surface area contributed by atoms with Crippen molar-refractivity contribution in [1.29, 1.82) is 0 Å². The molecule has 1 aliphatic carbocycles. The van der Waals surface area contributed by atoms with Crippen molar-refractivity contribution in [2.75, 3.05) is 11.9 Å². The second-order valence-electron chi connectivity index (χ2n) is 6.81. The Morgan fingerprint density at radius 2 is 1.86 bits per heavy atom. The molecule has 0 aliphatic heterocycles. The number of hydrogen-bond acceptors (Lipinski definition) is 2. The van der Waals surface area contributed by atoms with Crippen LogP contribution in [0.5, 0.6) is 0 Å². The first kappa shape index (κ1) is 17.0. The average Bonchev–Trinajstić information content (AvgIpc) is 2.75. The number of benzene rings is 1. The first-order valence-corrected chi connectivity index (χ1v) is 8.70. The van der Waals surface area contributed by atoms with Crippen LogP contribution in [0.1, 0.15) is 69.4 Å². The summed E-state index contributed by atoms with van der Waals surface area (Å²) in [5.41, 5.74) is 3.34. The highest BCUT2D eigenvalue weighted by Gasteiger charge is 2.15. The van der Waals surface area contributed by atoms with E-state index in [0.717, 1.165) is 11.3 Å². The fourth-order valence-electron chi connectivity index (χ4n) is 3.25. The van der Waals surface area contributed by atoms with Gasteiger partial charge in [0.25, 0.3) is 0 Å². The molecule has 1 fully saturated rings. The smallest absolute Gasteiger partial charge is 0.238 e. The predicted molar refractivity (Wildman–Crippen MR) is 93.4 cm³/mol. The van der Waals surface area contributed by atoms with Crippen LogP contribution in [0.25, 0.3) is 0 Å². The summed E-state index contributed by atoms with van der Waals surface area (Å²) in [5.74, 6) is 0.477. The fraction of sp³-hybridized carbons (Fsp3) is 0.632. The summed E-state index contributed by atoms with van der Waals surface area (Å²) in [6.07, 6.45) is 7.66. The Kier molecular flexibility index (Phi) is 6.44. The van der Waals surface area contributed by atoms with Gasteiger partial charge in [-0.05, 0) is 36.8 Å². The lowest BCUT2D eigenvalue weighted by atomic mass is 9.98. The molecule has 0 aromatic heterocycles. The minimum absolute atomic E-state index is 0.0699. The molecule has 22 heavy (non-hydrogen) atoms. The molecule has 3 heteroatoms. The zero-order valence-corrected chi connectivity index (χ0v) is 14.2. The van der Waals surface area contributed by atoms with E-state index in [4.69, 9.17) is 0 Å². The maximum atomic E-state index is 12.3.